The molecule has 0 aliphatic carbocycles. The highest BCUT2D eigenvalue weighted by Crippen LogP contribution is 2.25. The van der Waals surface area contributed by atoms with E-state index in [0.29, 0.717) is 16.8 Å². The molecule has 3 rings (SSSR count). The van der Waals surface area contributed by atoms with Crippen LogP contribution in [0.3, 0.4) is 0 Å². The zero-order valence-electron chi connectivity index (χ0n) is 7.89. The summed E-state index contributed by atoms with van der Waals surface area (Å²) in [6.07, 6.45) is 1.87. The molecule has 16 heavy (non-hydrogen) atoms. The summed E-state index contributed by atoms with van der Waals surface area (Å²) < 4.78 is 8.02. The maximum Gasteiger partial charge on any atom is 0.204 e. The van der Waals surface area contributed by atoms with Crippen molar-refractivity contribution < 1.29 is 4.42 Å². The molecule has 0 bridgehead atoms. The first-order chi connectivity index (χ1) is 7.75. The molecule has 0 N–H and O–H groups in total. The maximum atomic E-state index is 5.73. The van der Waals surface area contributed by atoms with Crippen LogP contribution in [0.5, 0.6) is 0 Å². The van der Waals surface area contributed by atoms with Crippen molar-refractivity contribution in [1.29, 1.82) is 0 Å². The van der Waals surface area contributed by atoms with E-state index < -0.39 is 0 Å². The molecular weight excluding hydrogens is 293 g/mol. The second kappa shape index (κ2) is 3.61. The fourth-order valence-electron chi connectivity index (χ4n) is 1.49. The lowest BCUT2D eigenvalue weighted by atomic mass is 10.4. The van der Waals surface area contributed by atoms with Crippen LogP contribution in [-0.2, 0) is 0 Å². The van der Waals surface area contributed by atoms with Gasteiger partial charge in [0.05, 0.1) is 4.47 Å². The van der Waals surface area contributed by atoms with E-state index in [1.54, 1.807) is 12.1 Å². The highest BCUT2D eigenvalue weighted by Gasteiger charge is 2.12. The fraction of sp³-hybridized carbons (Fsp3) is 0. The minimum Gasteiger partial charge on any atom is -0.441 e. The zero-order chi connectivity index (χ0) is 11.1. The van der Waals surface area contributed by atoms with Gasteiger partial charge in [-0.15, -0.1) is 10.2 Å². The molecule has 3 aromatic rings. The van der Waals surface area contributed by atoms with E-state index in [2.05, 4.69) is 26.1 Å². The second-order valence-corrected chi connectivity index (χ2v) is 4.40. The molecule has 0 radical (unpaired) electrons. The maximum absolute atomic E-state index is 5.73. The van der Waals surface area contributed by atoms with Gasteiger partial charge >= 0.3 is 0 Å². The third-order valence-electron chi connectivity index (χ3n) is 2.18. The average molecular weight is 299 g/mol. The first kappa shape index (κ1) is 9.86. The van der Waals surface area contributed by atoms with Crippen LogP contribution < -0.4 is 0 Å². The highest BCUT2D eigenvalue weighted by atomic mass is 79.9. The number of nitrogens with zero attached hydrogens (tertiary/aromatic N) is 3. The van der Waals surface area contributed by atoms with Crippen LogP contribution >= 0.6 is 27.5 Å². The summed E-state index contributed by atoms with van der Waals surface area (Å²) in [5.41, 5.74) is 0.741. The van der Waals surface area contributed by atoms with E-state index in [1.165, 1.54) is 0 Å². The van der Waals surface area contributed by atoms with Crippen molar-refractivity contribution in [1.82, 2.24) is 14.6 Å². The number of pyridine rings is 1. The fourth-order valence-corrected chi connectivity index (χ4v) is 2.06. The monoisotopic (exact) mass is 297 g/mol. The number of hydrogen-bond donors (Lipinski definition) is 0. The number of fused-ring (bicyclic) bond motifs is 1. The highest BCUT2D eigenvalue weighted by molar-refractivity contribution is 9.10. The lowest BCUT2D eigenvalue weighted by molar-refractivity contribution is 0.578. The number of aromatic nitrogens is 3. The van der Waals surface area contributed by atoms with Gasteiger partial charge in [-0.1, -0.05) is 0 Å². The summed E-state index contributed by atoms with van der Waals surface area (Å²) in [4.78, 5) is 0. The summed E-state index contributed by atoms with van der Waals surface area (Å²) >= 11 is 9.13. The van der Waals surface area contributed by atoms with E-state index in [1.807, 2.05) is 22.7 Å². The van der Waals surface area contributed by atoms with Gasteiger partial charge in [0, 0.05) is 6.20 Å². The third kappa shape index (κ3) is 1.44. The first-order valence-corrected chi connectivity index (χ1v) is 5.68. The van der Waals surface area contributed by atoms with Crippen molar-refractivity contribution in [3.8, 4) is 11.6 Å². The number of rotatable bonds is 1. The molecule has 0 amide bonds. The Kier molecular flexibility index (Phi) is 2.22. The van der Waals surface area contributed by atoms with Crippen molar-refractivity contribution in [2.45, 2.75) is 0 Å². The van der Waals surface area contributed by atoms with Gasteiger partial charge in [0.1, 0.15) is 0 Å². The molecule has 0 saturated carbocycles. The van der Waals surface area contributed by atoms with E-state index in [4.69, 9.17) is 16.0 Å². The van der Waals surface area contributed by atoms with Gasteiger partial charge in [0.25, 0.3) is 0 Å². The Balaban J connectivity index is 2.29. The quantitative estimate of drug-likeness (QED) is 0.691. The molecule has 0 saturated heterocycles. The molecule has 4 nitrogen and oxygen atoms in total. The van der Waals surface area contributed by atoms with E-state index >= 15 is 0 Å². The Morgan fingerprint density at radius 2 is 2.12 bits per heavy atom. The Hall–Kier alpha value is -1.33. The summed E-state index contributed by atoms with van der Waals surface area (Å²) in [6.45, 7) is 0. The SMILES string of the molecule is Clc1ccc(-c2nnc3c(Br)cccn23)o1. The van der Waals surface area contributed by atoms with Gasteiger partial charge in [0.2, 0.25) is 5.82 Å². The van der Waals surface area contributed by atoms with Crippen LogP contribution in [0.1, 0.15) is 0 Å². The molecule has 0 aliphatic rings. The number of halogens is 2. The van der Waals surface area contributed by atoms with E-state index in [9.17, 15) is 0 Å². The average Bonchev–Trinajstić information content (AvgIpc) is 2.84. The molecular formula is C10H5BrClN3O. The van der Waals surface area contributed by atoms with Gasteiger partial charge < -0.3 is 4.42 Å². The van der Waals surface area contributed by atoms with Crippen molar-refractivity contribution >= 4 is 33.2 Å². The Labute approximate surface area is 104 Å². The number of hydrogen-bond acceptors (Lipinski definition) is 3. The molecule has 3 heterocycles. The summed E-state index contributed by atoms with van der Waals surface area (Å²) in [6, 6.07) is 7.24. The minimum absolute atomic E-state index is 0.335. The molecule has 6 heteroatoms. The molecule has 0 unspecified atom stereocenters. The van der Waals surface area contributed by atoms with Crippen LogP contribution in [0, 0.1) is 0 Å². The van der Waals surface area contributed by atoms with Gasteiger partial charge in [0.15, 0.2) is 16.6 Å². The minimum atomic E-state index is 0.335. The Morgan fingerprint density at radius 3 is 2.88 bits per heavy atom. The predicted octanol–water partition coefficient (Wildman–Crippen LogP) is 3.41. The predicted molar refractivity (Wildman–Crippen MR) is 63.4 cm³/mol. The van der Waals surface area contributed by atoms with Crippen molar-refractivity contribution in [3.63, 3.8) is 0 Å². The summed E-state index contributed by atoms with van der Waals surface area (Å²) in [5.74, 6) is 1.22. The second-order valence-electron chi connectivity index (χ2n) is 3.18. The van der Waals surface area contributed by atoms with E-state index in [0.717, 1.165) is 10.1 Å². The first-order valence-electron chi connectivity index (χ1n) is 4.50. The van der Waals surface area contributed by atoms with Crippen molar-refractivity contribution in [3.05, 3.63) is 40.2 Å². The van der Waals surface area contributed by atoms with Gasteiger partial charge in [-0.2, -0.15) is 0 Å². The number of furan rings is 1. The molecule has 0 atom stereocenters. The van der Waals surface area contributed by atoms with Gasteiger partial charge in [-0.3, -0.25) is 4.40 Å². The van der Waals surface area contributed by atoms with Crippen LogP contribution in [0.4, 0.5) is 0 Å². The molecule has 0 aromatic carbocycles. The molecule has 0 fully saturated rings. The molecule has 0 spiro atoms. The molecule has 3 aromatic heterocycles. The van der Waals surface area contributed by atoms with Crippen LogP contribution in [0.2, 0.25) is 5.22 Å². The van der Waals surface area contributed by atoms with Gasteiger partial charge in [-0.25, -0.2) is 0 Å². The van der Waals surface area contributed by atoms with Crippen molar-refractivity contribution in [2.24, 2.45) is 0 Å². The largest absolute Gasteiger partial charge is 0.441 e. The summed E-state index contributed by atoms with van der Waals surface area (Å²) in [5, 5.41) is 8.47. The molecule has 0 aliphatic heterocycles. The summed E-state index contributed by atoms with van der Waals surface area (Å²) in [7, 11) is 0. The normalized spacial score (nSPS) is 11.1. The zero-order valence-corrected chi connectivity index (χ0v) is 10.2. The smallest absolute Gasteiger partial charge is 0.204 e. The standard InChI is InChI=1S/C10H5BrClN3O/c11-6-2-1-5-15-9(6)13-14-10(15)7-3-4-8(12)16-7/h1-5H. The van der Waals surface area contributed by atoms with Crippen LogP contribution in [0.25, 0.3) is 17.2 Å². The Morgan fingerprint density at radius 1 is 1.25 bits per heavy atom. The van der Waals surface area contributed by atoms with Crippen LogP contribution in [-0.4, -0.2) is 14.6 Å². The third-order valence-corrected chi connectivity index (χ3v) is 3.00. The lowest BCUT2D eigenvalue weighted by Crippen LogP contribution is -1.87. The van der Waals surface area contributed by atoms with Crippen molar-refractivity contribution in [2.75, 3.05) is 0 Å². The Bertz CT molecular complexity index is 661. The van der Waals surface area contributed by atoms with E-state index in [-0.39, 0.29) is 0 Å². The van der Waals surface area contributed by atoms with Crippen LogP contribution in [0.15, 0.2) is 39.4 Å². The topological polar surface area (TPSA) is 43.3 Å². The lowest BCUT2D eigenvalue weighted by Gasteiger charge is -1.96. The molecule has 80 valence electrons. The van der Waals surface area contributed by atoms with Gasteiger partial charge in [-0.05, 0) is 51.8 Å².